The lowest BCUT2D eigenvalue weighted by Gasteiger charge is -2.23. The number of nitrogens with two attached hydrogens (primary N) is 1. The van der Waals surface area contributed by atoms with Crippen LogP contribution >= 0.6 is 0 Å². The monoisotopic (exact) mass is 915 g/mol. The number of carbonyl (C=O) groups excluding carboxylic acids is 3. The molecule has 0 unspecified atom stereocenters. The number of nitrogens with zero attached hydrogens (tertiary/aromatic N) is 3. The number of aromatic amines is 1. The van der Waals surface area contributed by atoms with Gasteiger partial charge in [0.1, 0.15) is 12.1 Å². The van der Waals surface area contributed by atoms with Crippen molar-refractivity contribution in [3.8, 4) is 0 Å². The lowest BCUT2D eigenvalue weighted by Crippen LogP contribution is -2.53. The SMILES string of the molecule is Cc1ccc(NC(=O)[C@H](CCCCN)NC(=O)[C@H](Cc2c[nH]c3ccccc23)NC(=O)CCOCCOCCOCCOCCOCCOCCOCCOCCOCCN=[N+]=[N-])cc1. The van der Waals surface area contributed by atoms with Gasteiger partial charge in [-0.05, 0) is 62.0 Å². The molecule has 20 nitrogen and oxygen atoms in total. The van der Waals surface area contributed by atoms with E-state index in [1.165, 1.54) is 0 Å². The van der Waals surface area contributed by atoms with Gasteiger partial charge in [-0.1, -0.05) is 41.0 Å². The van der Waals surface area contributed by atoms with E-state index in [-0.39, 0.29) is 37.9 Å². The van der Waals surface area contributed by atoms with Gasteiger partial charge in [0.2, 0.25) is 17.7 Å². The maximum Gasteiger partial charge on any atom is 0.246 e. The molecule has 0 aliphatic heterocycles. The highest BCUT2D eigenvalue weighted by Crippen LogP contribution is 2.20. The quantitative estimate of drug-likeness (QED) is 0.0236. The second-order valence-electron chi connectivity index (χ2n) is 14.6. The number of para-hydroxylation sites is 1. The molecule has 0 saturated carbocycles. The van der Waals surface area contributed by atoms with E-state index in [1.807, 2.05) is 61.7 Å². The number of azide groups is 1. The molecule has 3 aromatic rings. The highest BCUT2D eigenvalue weighted by Gasteiger charge is 2.28. The maximum absolute atomic E-state index is 13.9. The molecule has 0 bridgehead atoms. The summed E-state index contributed by atoms with van der Waals surface area (Å²) in [6.07, 6.45) is 3.80. The first-order chi connectivity index (χ1) is 31.9. The van der Waals surface area contributed by atoms with Gasteiger partial charge in [0.05, 0.1) is 119 Å². The van der Waals surface area contributed by atoms with E-state index in [4.69, 9.17) is 53.9 Å². The first-order valence-electron chi connectivity index (χ1n) is 22.3. The number of aromatic nitrogens is 1. The van der Waals surface area contributed by atoms with E-state index >= 15 is 0 Å². The van der Waals surface area contributed by atoms with Crippen molar-refractivity contribution in [3.05, 3.63) is 76.3 Å². The lowest BCUT2D eigenvalue weighted by atomic mass is 10.0. The topological polar surface area (TPSA) is 261 Å². The molecule has 0 fully saturated rings. The standard InChI is InChI=1S/C45H70N8O12/c1-36-9-11-38(12-10-36)50-44(55)41(8-4-5-14-46)52-45(56)42(34-37-35-48-40-7-3-2-6-39(37)40)51-43(54)13-16-57-18-20-59-22-24-61-26-28-63-30-32-65-33-31-64-29-27-62-25-23-60-21-19-58-17-15-49-53-47/h2-3,6-7,9-12,35,41-42,48H,4-5,8,13-34,46H2,1H3,(H,50,55)(H,51,54)(H,52,56)/t41-,42-/m0/s1. The van der Waals surface area contributed by atoms with Crippen molar-refractivity contribution in [1.82, 2.24) is 15.6 Å². The van der Waals surface area contributed by atoms with Crippen molar-refractivity contribution in [2.75, 3.05) is 137 Å². The summed E-state index contributed by atoms with van der Waals surface area (Å²) in [5.74, 6) is -1.17. The predicted molar refractivity (Wildman–Crippen MR) is 245 cm³/mol. The van der Waals surface area contributed by atoms with Gasteiger partial charge in [-0.2, -0.15) is 0 Å². The first-order valence-corrected chi connectivity index (χ1v) is 22.3. The summed E-state index contributed by atoms with van der Waals surface area (Å²) in [7, 11) is 0. The smallest absolute Gasteiger partial charge is 0.246 e. The summed E-state index contributed by atoms with van der Waals surface area (Å²) in [5.41, 5.74) is 17.4. The molecule has 6 N–H and O–H groups in total. The van der Waals surface area contributed by atoms with Crippen LogP contribution in [0.15, 0.2) is 59.8 Å². The molecule has 2 aromatic carbocycles. The van der Waals surface area contributed by atoms with E-state index in [2.05, 4.69) is 31.0 Å². The van der Waals surface area contributed by atoms with E-state index in [9.17, 15) is 14.4 Å². The highest BCUT2D eigenvalue weighted by molar-refractivity contribution is 5.98. The van der Waals surface area contributed by atoms with Crippen molar-refractivity contribution in [2.24, 2.45) is 10.8 Å². The Morgan fingerprint density at radius 1 is 0.646 bits per heavy atom. The van der Waals surface area contributed by atoms with Crippen LogP contribution in [-0.4, -0.2) is 167 Å². The van der Waals surface area contributed by atoms with Crippen molar-refractivity contribution in [1.29, 1.82) is 0 Å². The third-order valence-electron chi connectivity index (χ3n) is 9.50. The first kappa shape index (κ1) is 54.6. The molecule has 3 rings (SSSR count). The zero-order chi connectivity index (χ0) is 46.4. The average molecular weight is 915 g/mol. The minimum absolute atomic E-state index is 0.0307. The van der Waals surface area contributed by atoms with Crippen LogP contribution in [0.1, 0.15) is 36.8 Å². The Hall–Kier alpha value is -4.70. The van der Waals surface area contributed by atoms with Crippen LogP contribution in [0.5, 0.6) is 0 Å². The summed E-state index contributed by atoms with van der Waals surface area (Å²) in [6, 6.07) is 13.4. The van der Waals surface area contributed by atoms with E-state index < -0.39 is 18.0 Å². The zero-order valence-corrected chi connectivity index (χ0v) is 37.8. The lowest BCUT2D eigenvalue weighted by molar-refractivity contribution is -0.131. The third kappa shape index (κ3) is 26.1. The Balaban J connectivity index is 1.21. The second kappa shape index (κ2) is 36.5. The van der Waals surface area contributed by atoms with Gasteiger partial charge in [0, 0.05) is 47.1 Å². The summed E-state index contributed by atoms with van der Waals surface area (Å²) < 4.78 is 49.3. The number of nitrogens with one attached hydrogen (secondary N) is 4. The van der Waals surface area contributed by atoms with Gasteiger partial charge in [-0.25, -0.2) is 0 Å². The molecule has 0 aliphatic carbocycles. The van der Waals surface area contributed by atoms with Gasteiger partial charge in [0.15, 0.2) is 0 Å². The van der Waals surface area contributed by atoms with Crippen molar-refractivity contribution in [3.63, 3.8) is 0 Å². The third-order valence-corrected chi connectivity index (χ3v) is 9.50. The molecular formula is C45H70N8O12. The zero-order valence-electron chi connectivity index (χ0n) is 37.8. The summed E-state index contributed by atoms with van der Waals surface area (Å²) >= 11 is 0. The Morgan fingerprint density at radius 3 is 1.68 bits per heavy atom. The molecule has 0 saturated heterocycles. The van der Waals surface area contributed by atoms with Crippen LogP contribution in [0.4, 0.5) is 5.69 Å². The summed E-state index contributed by atoms with van der Waals surface area (Å²) in [5, 5.41) is 13.0. The average Bonchev–Trinajstić information content (AvgIpc) is 3.72. The van der Waals surface area contributed by atoms with Gasteiger partial charge < -0.3 is 69.3 Å². The van der Waals surface area contributed by atoms with E-state index in [0.717, 1.165) is 22.0 Å². The van der Waals surface area contributed by atoms with E-state index in [1.54, 1.807) is 0 Å². The molecule has 1 heterocycles. The number of unbranched alkanes of at least 4 members (excludes halogenated alkanes) is 1. The molecule has 2 atom stereocenters. The van der Waals surface area contributed by atoms with Gasteiger partial charge in [0.25, 0.3) is 0 Å². The molecule has 0 spiro atoms. The van der Waals surface area contributed by atoms with Crippen LogP contribution in [0.25, 0.3) is 21.3 Å². The second-order valence-corrected chi connectivity index (χ2v) is 14.6. The van der Waals surface area contributed by atoms with Crippen molar-refractivity contribution in [2.45, 2.75) is 51.1 Å². The van der Waals surface area contributed by atoms with Crippen LogP contribution in [-0.2, 0) is 63.4 Å². The normalized spacial score (nSPS) is 12.2. The van der Waals surface area contributed by atoms with Crippen LogP contribution in [0.2, 0.25) is 0 Å². The van der Waals surface area contributed by atoms with Gasteiger partial charge in [-0.15, -0.1) is 0 Å². The highest BCUT2D eigenvalue weighted by atomic mass is 16.6. The number of hydrogen-bond acceptors (Lipinski definition) is 14. The van der Waals surface area contributed by atoms with Gasteiger partial charge in [-0.3, -0.25) is 14.4 Å². The van der Waals surface area contributed by atoms with Gasteiger partial charge >= 0.3 is 0 Å². The minimum atomic E-state index is -0.948. The van der Waals surface area contributed by atoms with Crippen LogP contribution in [0.3, 0.4) is 0 Å². The number of benzene rings is 2. The number of ether oxygens (including phenoxy) is 9. The van der Waals surface area contributed by atoms with E-state index in [0.29, 0.717) is 144 Å². The fourth-order valence-electron chi connectivity index (χ4n) is 6.07. The number of amides is 3. The molecular weight excluding hydrogens is 845 g/mol. The molecule has 0 aliphatic rings. The van der Waals surface area contributed by atoms with Crippen molar-refractivity contribution >= 4 is 34.3 Å². The largest absolute Gasteiger partial charge is 0.379 e. The summed E-state index contributed by atoms with van der Waals surface area (Å²) in [4.78, 5) is 46.3. The molecule has 65 heavy (non-hydrogen) atoms. The Morgan fingerprint density at radius 2 is 1.15 bits per heavy atom. The number of fused-ring (bicyclic) bond motifs is 1. The molecule has 0 radical (unpaired) electrons. The number of hydrogen-bond donors (Lipinski definition) is 5. The fraction of sp³-hybridized carbons (Fsp3) is 0.622. The molecule has 362 valence electrons. The predicted octanol–water partition coefficient (Wildman–Crippen LogP) is 3.61. The number of H-pyrrole nitrogens is 1. The number of carbonyl (C=O) groups is 3. The molecule has 3 amide bonds. The number of anilines is 1. The molecule has 20 heteroatoms. The maximum atomic E-state index is 13.9. The Kier molecular flexibility index (Phi) is 30.7. The molecule has 1 aromatic heterocycles. The summed E-state index contributed by atoms with van der Waals surface area (Å²) in [6.45, 7) is 10.0. The number of rotatable bonds is 41. The van der Waals surface area contributed by atoms with Crippen LogP contribution < -0.4 is 21.7 Å². The fourth-order valence-corrected chi connectivity index (χ4v) is 6.07. The Labute approximate surface area is 381 Å². The van der Waals surface area contributed by atoms with Crippen molar-refractivity contribution < 1.29 is 57.0 Å². The Bertz CT molecular complexity index is 1760. The minimum Gasteiger partial charge on any atom is -0.379 e. The van der Waals surface area contributed by atoms with Crippen LogP contribution in [0, 0.1) is 6.92 Å². The number of aryl methyl sites for hydroxylation is 1.